The molecule has 0 aliphatic carbocycles. The van der Waals surface area contributed by atoms with Crippen molar-refractivity contribution < 1.29 is 29.0 Å². The lowest BCUT2D eigenvalue weighted by molar-refractivity contribution is -0.146. The first-order valence-corrected chi connectivity index (χ1v) is 24.4. The van der Waals surface area contributed by atoms with Crippen LogP contribution in [0, 0.1) is 5.92 Å². The lowest BCUT2D eigenvalue weighted by Crippen LogP contribution is -2.51. The maximum atomic E-state index is 15.7. The quantitative estimate of drug-likeness (QED) is 0.146. The Morgan fingerprint density at radius 2 is 1.27 bits per heavy atom. The molecule has 0 bridgehead atoms. The van der Waals surface area contributed by atoms with Crippen molar-refractivity contribution in [1.82, 2.24) is 0 Å². The van der Waals surface area contributed by atoms with Gasteiger partial charge in [-0.3, -0.25) is 24.2 Å². The summed E-state index contributed by atoms with van der Waals surface area (Å²) in [4.78, 5) is 49.3. The molecule has 7 aromatic rings. The molecule has 4 heterocycles. The molecule has 1 spiro atoms. The maximum absolute atomic E-state index is 15.7. The highest BCUT2D eigenvalue weighted by molar-refractivity contribution is 6.91. The first-order chi connectivity index (χ1) is 30.1. The van der Waals surface area contributed by atoms with E-state index in [4.69, 9.17) is 9.47 Å². The molecule has 4 aliphatic rings. The van der Waals surface area contributed by atoms with Crippen molar-refractivity contribution in [3.8, 4) is 5.75 Å². The van der Waals surface area contributed by atoms with Gasteiger partial charge in [0.1, 0.15) is 5.75 Å². The van der Waals surface area contributed by atoms with E-state index in [2.05, 4.69) is 32.2 Å². The van der Waals surface area contributed by atoms with E-state index in [9.17, 15) is 14.7 Å². The molecular weight excluding hydrogens is 791 g/mol. The summed E-state index contributed by atoms with van der Waals surface area (Å²) in [5, 5.41) is 15.6. The SMILES string of the molecule is COc1ccc([Si](C)(C)[C@@H]2[C@@H](CCO)O[C@]3(C(=O)N(Cc4cccc(N5C(=O)c6cccc7cccc5c67)c4)c4ccc(N5C(=O)c6cccc7cccc5c67)cc43)[C@H]2C)cc1. The Balaban J connectivity index is 1.03. The van der Waals surface area contributed by atoms with E-state index >= 15 is 4.79 Å². The van der Waals surface area contributed by atoms with Crippen molar-refractivity contribution in [3.05, 3.63) is 162 Å². The molecule has 4 aliphatic heterocycles. The van der Waals surface area contributed by atoms with Crippen LogP contribution in [-0.2, 0) is 21.7 Å². The molecule has 62 heavy (non-hydrogen) atoms. The minimum atomic E-state index is -2.45. The van der Waals surface area contributed by atoms with Crippen LogP contribution in [0.1, 0.15) is 45.2 Å². The van der Waals surface area contributed by atoms with Crippen LogP contribution in [0.25, 0.3) is 21.5 Å². The van der Waals surface area contributed by atoms with Gasteiger partial charge in [-0.1, -0.05) is 98.0 Å². The fourth-order valence-electron chi connectivity index (χ4n) is 11.3. The largest absolute Gasteiger partial charge is 0.497 e. The van der Waals surface area contributed by atoms with Gasteiger partial charge in [-0.05, 0) is 95.0 Å². The zero-order valence-electron chi connectivity index (χ0n) is 35.0. The maximum Gasteiger partial charge on any atom is 0.264 e. The molecule has 0 aromatic heterocycles. The summed E-state index contributed by atoms with van der Waals surface area (Å²) in [7, 11) is -0.794. The van der Waals surface area contributed by atoms with Crippen molar-refractivity contribution in [2.24, 2.45) is 5.92 Å². The van der Waals surface area contributed by atoms with Crippen molar-refractivity contribution >= 4 is 81.0 Å². The van der Waals surface area contributed by atoms with Crippen molar-refractivity contribution in [3.63, 3.8) is 0 Å². The Bertz CT molecular complexity index is 3030. The molecule has 0 radical (unpaired) electrons. The molecule has 4 atom stereocenters. The van der Waals surface area contributed by atoms with Gasteiger partial charge in [-0.2, -0.15) is 0 Å². The number of nitrogens with zero attached hydrogens (tertiary/aromatic N) is 3. The molecule has 308 valence electrons. The Morgan fingerprint density at radius 3 is 1.87 bits per heavy atom. The molecular formula is C52H45N3O6Si. The number of ether oxygens (including phenoxy) is 2. The first kappa shape index (κ1) is 38.3. The summed E-state index contributed by atoms with van der Waals surface area (Å²) in [6, 6.07) is 45.5. The number of carbonyl (C=O) groups is 3. The first-order valence-electron chi connectivity index (χ1n) is 21.3. The lowest BCUT2D eigenvalue weighted by atomic mass is 9.82. The van der Waals surface area contributed by atoms with Gasteiger partial charge < -0.3 is 19.5 Å². The molecule has 10 heteroatoms. The van der Waals surface area contributed by atoms with Gasteiger partial charge in [0.2, 0.25) is 0 Å². The summed E-state index contributed by atoms with van der Waals surface area (Å²) >= 11 is 0. The van der Waals surface area contributed by atoms with Crippen LogP contribution in [0.3, 0.4) is 0 Å². The topological polar surface area (TPSA) is 99.6 Å². The summed E-state index contributed by atoms with van der Waals surface area (Å²) in [5.41, 5.74) is 5.10. The summed E-state index contributed by atoms with van der Waals surface area (Å²) < 4.78 is 12.8. The number of amides is 3. The van der Waals surface area contributed by atoms with Crippen LogP contribution in [0.15, 0.2) is 140 Å². The third kappa shape index (κ3) is 5.30. The van der Waals surface area contributed by atoms with Gasteiger partial charge in [0, 0.05) is 40.2 Å². The third-order valence-electron chi connectivity index (χ3n) is 14.1. The molecule has 1 N–H and O–H groups in total. The molecule has 11 rings (SSSR count). The van der Waals surface area contributed by atoms with Gasteiger partial charge in [0.05, 0.1) is 56.0 Å². The number of benzene rings is 7. The zero-order chi connectivity index (χ0) is 42.7. The minimum absolute atomic E-state index is 0.0660. The van der Waals surface area contributed by atoms with E-state index in [0.717, 1.165) is 49.9 Å². The van der Waals surface area contributed by atoms with Gasteiger partial charge in [0.15, 0.2) is 5.60 Å². The number of rotatable bonds is 9. The van der Waals surface area contributed by atoms with Gasteiger partial charge in [-0.15, -0.1) is 0 Å². The smallest absolute Gasteiger partial charge is 0.264 e. The molecule has 3 amide bonds. The highest BCUT2D eigenvalue weighted by Crippen LogP contribution is 2.61. The predicted octanol–water partition coefficient (Wildman–Crippen LogP) is 9.73. The second kappa shape index (κ2) is 14.0. The van der Waals surface area contributed by atoms with Crippen molar-refractivity contribution in [1.29, 1.82) is 0 Å². The molecule has 9 nitrogen and oxygen atoms in total. The van der Waals surface area contributed by atoms with Crippen LogP contribution in [0.5, 0.6) is 5.75 Å². The molecule has 7 aromatic carbocycles. The van der Waals surface area contributed by atoms with Crippen LogP contribution >= 0.6 is 0 Å². The summed E-state index contributed by atoms with van der Waals surface area (Å²) in [5.74, 6) is 0.0734. The fourth-order valence-corrected chi connectivity index (χ4v) is 15.4. The minimum Gasteiger partial charge on any atom is -0.497 e. The van der Waals surface area contributed by atoms with Gasteiger partial charge >= 0.3 is 0 Å². The van der Waals surface area contributed by atoms with Crippen molar-refractivity contribution in [2.45, 2.75) is 50.2 Å². The summed E-state index contributed by atoms with van der Waals surface area (Å²) in [6.45, 7) is 6.90. The normalized spacial score (nSPS) is 21.3. The Labute approximate surface area is 360 Å². The number of aliphatic hydroxyl groups is 1. The number of aliphatic hydroxyl groups excluding tert-OH is 1. The van der Waals surface area contributed by atoms with Crippen LogP contribution in [-0.4, -0.2) is 50.7 Å². The molecule has 1 saturated heterocycles. The molecule has 0 saturated carbocycles. The predicted molar refractivity (Wildman–Crippen MR) is 246 cm³/mol. The number of methoxy groups -OCH3 is 1. The van der Waals surface area contributed by atoms with Crippen LogP contribution in [0.2, 0.25) is 18.6 Å². The van der Waals surface area contributed by atoms with Crippen LogP contribution in [0.4, 0.5) is 28.4 Å². The Hall–Kier alpha value is -6.59. The highest BCUT2D eigenvalue weighted by atomic mass is 28.3. The number of hydrogen-bond donors (Lipinski definition) is 1. The average molecular weight is 836 g/mol. The number of carbonyl (C=O) groups excluding carboxylic acids is 3. The summed E-state index contributed by atoms with van der Waals surface area (Å²) in [6.07, 6.45) is -0.0475. The van der Waals surface area contributed by atoms with E-state index < -0.39 is 19.8 Å². The van der Waals surface area contributed by atoms with Gasteiger partial charge in [-0.25, -0.2) is 0 Å². The molecule has 1 fully saturated rings. The highest BCUT2D eigenvalue weighted by Gasteiger charge is 2.66. The van der Waals surface area contributed by atoms with E-state index in [1.165, 1.54) is 5.19 Å². The number of anilines is 5. The second-order valence-corrected chi connectivity index (χ2v) is 22.3. The van der Waals surface area contributed by atoms with Crippen LogP contribution < -0.4 is 24.6 Å². The number of fused-ring (bicyclic) bond motifs is 2. The lowest BCUT2D eigenvalue weighted by Gasteiger charge is -2.37. The standard InChI is InChI=1S/C52H45N3O6Si/c1-31-48(62(3,4)38-23-21-37(60-2)22-24-38)45(26-27-56)61-52(31)41-29-36(55-44-19-9-14-34-12-7-17-40(47(34)44)50(55)58)20-25-42(41)53(51(52)59)30-32-10-5-15-35(28-32)54-43-18-8-13-33-11-6-16-39(46(33)43)49(54)57/h5-25,28-29,31,45,48,56H,26-27,30H2,1-4H3/t31-,45+,48-,52+/m0/s1. The Kier molecular flexibility index (Phi) is 8.64. The third-order valence-corrected chi connectivity index (χ3v) is 18.5. The number of hydrogen-bond acceptors (Lipinski definition) is 6. The zero-order valence-corrected chi connectivity index (χ0v) is 36.0. The van der Waals surface area contributed by atoms with E-state index in [1.54, 1.807) is 16.9 Å². The molecule has 0 unspecified atom stereocenters. The monoisotopic (exact) mass is 835 g/mol. The van der Waals surface area contributed by atoms with Crippen molar-refractivity contribution in [2.75, 3.05) is 28.4 Å². The average Bonchev–Trinajstić information content (AvgIpc) is 3.94. The van der Waals surface area contributed by atoms with E-state index in [1.807, 2.05) is 132 Å². The second-order valence-electron chi connectivity index (χ2n) is 17.6. The Morgan fingerprint density at radius 1 is 0.694 bits per heavy atom. The van der Waals surface area contributed by atoms with E-state index in [0.29, 0.717) is 34.5 Å². The van der Waals surface area contributed by atoms with Gasteiger partial charge in [0.25, 0.3) is 17.7 Å². The van der Waals surface area contributed by atoms with E-state index in [-0.39, 0.29) is 42.3 Å². The fraction of sp³-hybridized carbons (Fsp3) is 0.212.